The van der Waals surface area contributed by atoms with Crippen molar-refractivity contribution in [1.82, 2.24) is 9.80 Å². The van der Waals surface area contributed by atoms with Crippen LogP contribution >= 0.6 is 0 Å². The summed E-state index contributed by atoms with van der Waals surface area (Å²) in [5.74, 6) is 0.373. The largest absolute Gasteiger partial charge is 0.293 e. The Labute approximate surface area is 181 Å². The van der Waals surface area contributed by atoms with Crippen molar-refractivity contribution >= 4 is 0 Å². The lowest BCUT2D eigenvalue weighted by atomic mass is 9.71. The van der Waals surface area contributed by atoms with Gasteiger partial charge in [-0.05, 0) is 73.1 Å². The third kappa shape index (κ3) is 3.36. The van der Waals surface area contributed by atoms with Crippen LogP contribution in [0.25, 0.3) is 0 Å². The maximum atomic E-state index is 2.66. The fourth-order valence-corrected chi connectivity index (χ4v) is 5.50. The van der Waals surface area contributed by atoms with Crippen molar-refractivity contribution in [3.05, 3.63) is 93.6 Å². The maximum absolute atomic E-state index is 2.66. The van der Waals surface area contributed by atoms with Gasteiger partial charge in [-0.15, -0.1) is 0 Å². The van der Waals surface area contributed by atoms with Crippen LogP contribution in [-0.4, -0.2) is 48.1 Å². The van der Waals surface area contributed by atoms with Crippen LogP contribution in [-0.2, 0) is 6.42 Å². The SMILES string of the molecule is CC(C)N1CC=C2CN(C(C)C)CC(C3c4ccccc4Cc4ccccc43)=C2C1. The molecule has 30 heavy (non-hydrogen) atoms. The van der Waals surface area contributed by atoms with Gasteiger partial charge in [-0.2, -0.15) is 0 Å². The van der Waals surface area contributed by atoms with E-state index in [0.29, 0.717) is 18.0 Å². The van der Waals surface area contributed by atoms with Crippen molar-refractivity contribution in [3.8, 4) is 0 Å². The minimum absolute atomic E-state index is 0.373. The summed E-state index contributed by atoms with van der Waals surface area (Å²) < 4.78 is 0. The van der Waals surface area contributed by atoms with E-state index in [2.05, 4.69) is 92.1 Å². The number of fused-ring (bicyclic) bond motifs is 3. The second-order valence-corrected chi connectivity index (χ2v) is 9.76. The first-order chi connectivity index (χ1) is 14.5. The highest BCUT2D eigenvalue weighted by Gasteiger charge is 2.36. The first kappa shape index (κ1) is 19.8. The number of hydrogen-bond acceptors (Lipinski definition) is 2. The lowest BCUT2D eigenvalue weighted by Crippen LogP contribution is -2.45. The van der Waals surface area contributed by atoms with Gasteiger partial charge >= 0.3 is 0 Å². The number of rotatable bonds is 3. The van der Waals surface area contributed by atoms with Crippen molar-refractivity contribution < 1.29 is 0 Å². The fourth-order valence-electron chi connectivity index (χ4n) is 5.50. The first-order valence-corrected chi connectivity index (χ1v) is 11.6. The highest BCUT2D eigenvalue weighted by Crippen LogP contribution is 2.45. The van der Waals surface area contributed by atoms with Gasteiger partial charge in [0.15, 0.2) is 0 Å². The van der Waals surface area contributed by atoms with E-state index in [0.717, 1.165) is 32.6 Å². The van der Waals surface area contributed by atoms with Crippen LogP contribution in [0.15, 0.2) is 71.3 Å². The molecule has 5 rings (SSSR count). The monoisotopic (exact) mass is 398 g/mol. The molecule has 2 heteroatoms. The van der Waals surface area contributed by atoms with Crippen LogP contribution in [0.1, 0.15) is 55.9 Å². The highest BCUT2D eigenvalue weighted by molar-refractivity contribution is 5.58. The average Bonchev–Trinajstić information content (AvgIpc) is 2.76. The van der Waals surface area contributed by atoms with Gasteiger partial charge in [0.25, 0.3) is 0 Å². The third-order valence-electron chi connectivity index (χ3n) is 7.38. The lowest BCUT2D eigenvalue weighted by Gasteiger charge is -2.43. The Bertz CT molecular complexity index is 965. The summed E-state index contributed by atoms with van der Waals surface area (Å²) in [7, 11) is 0. The van der Waals surface area contributed by atoms with E-state index < -0.39 is 0 Å². The van der Waals surface area contributed by atoms with Gasteiger partial charge in [0.2, 0.25) is 0 Å². The number of nitrogens with zero attached hydrogens (tertiary/aromatic N) is 2. The van der Waals surface area contributed by atoms with Gasteiger partial charge in [0.1, 0.15) is 0 Å². The van der Waals surface area contributed by atoms with E-state index in [1.54, 1.807) is 16.7 Å². The Kier molecular flexibility index (Phi) is 5.16. The van der Waals surface area contributed by atoms with Crippen molar-refractivity contribution in [2.75, 3.05) is 26.2 Å². The predicted molar refractivity (Wildman–Crippen MR) is 126 cm³/mol. The fraction of sp³-hybridized carbons (Fsp3) is 0.429. The molecule has 0 spiro atoms. The van der Waals surface area contributed by atoms with E-state index in [-0.39, 0.29) is 0 Å². The van der Waals surface area contributed by atoms with Gasteiger partial charge < -0.3 is 0 Å². The van der Waals surface area contributed by atoms with Crippen molar-refractivity contribution in [3.63, 3.8) is 0 Å². The maximum Gasteiger partial charge on any atom is 0.0323 e. The van der Waals surface area contributed by atoms with Crippen molar-refractivity contribution in [2.24, 2.45) is 0 Å². The molecule has 2 heterocycles. The van der Waals surface area contributed by atoms with Gasteiger partial charge in [0, 0.05) is 44.2 Å². The van der Waals surface area contributed by atoms with E-state index in [1.807, 2.05) is 0 Å². The van der Waals surface area contributed by atoms with Crippen LogP contribution in [0.3, 0.4) is 0 Å². The second-order valence-electron chi connectivity index (χ2n) is 9.76. The molecule has 0 radical (unpaired) electrons. The molecule has 0 aromatic heterocycles. The molecule has 2 nitrogen and oxygen atoms in total. The molecule has 156 valence electrons. The summed E-state index contributed by atoms with van der Waals surface area (Å²) in [6.07, 6.45) is 3.56. The van der Waals surface area contributed by atoms with Crippen LogP contribution in [0.5, 0.6) is 0 Å². The zero-order valence-electron chi connectivity index (χ0n) is 18.9. The molecule has 0 fully saturated rings. The summed E-state index contributed by atoms with van der Waals surface area (Å²) >= 11 is 0. The molecule has 0 N–H and O–H groups in total. The number of hydrogen-bond donors (Lipinski definition) is 0. The van der Waals surface area contributed by atoms with E-state index >= 15 is 0 Å². The lowest BCUT2D eigenvalue weighted by molar-refractivity contribution is 0.224. The predicted octanol–water partition coefficient (Wildman–Crippen LogP) is 5.39. The van der Waals surface area contributed by atoms with Crippen LogP contribution in [0, 0.1) is 0 Å². The molecule has 1 aliphatic carbocycles. The molecule has 0 saturated heterocycles. The van der Waals surface area contributed by atoms with Gasteiger partial charge in [-0.25, -0.2) is 0 Å². The molecule has 0 unspecified atom stereocenters. The standard InChI is InChI=1S/C28H34N2/c1-19(2)29-14-13-23-16-30(20(3)4)18-27(26(23)17-29)28-24-11-7-5-9-21(24)15-22-10-6-8-12-25(22)28/h5-13,19-20,28H,14-18H2,1-4H3. The molecule has 2 aromatic carbocycles. The molecule has 3 aliphatic rings. The number of benzene rings is 2. The summed E-state index contributed by atoms with van der Waals surface area (Å²) in [6.45, 7) is 13.7. The Morgan fingerprint density at radius 1 is 0.733 bits per heavy atom. The van der Waals surface area contributed by atoms with E-state index in [4.69, 9.17) is 0 Å². The van der Waals surface area contributed by atoms with Gasteiger partial charge in [-0.1, -0.05) is 54.6 Å². The normalized spacial score (nSPS) is 20.3. The Morgan fingerprint density at radius 3 is 1.93 bits per heavy atom. The second kappa shape index (κ2) is 7.83. The summed E-state index contributed by atoms with van der Waals surface area (Å²) in [5, 5.41) is 0. The molecular weight excluding hydrogens is 364 g/mol. The van der Waals surface area contributed by atoms with Crippen LogP contribution in [0.4, 0.5) is 0 Å². The quantitative estimate of drug-likeness (QED) is 0.684. The summed E-state index contributed by atoms with van der Waals surface area (Å²) in [5.41, 5.74) is 10.9. The minimum Gasteiger partial charge on any atom is -0.293 e. The van der Waals surface area contributed by atoms with Gasteiger partial charge in [-0.3, -0.25) is 9.80 Å². The summed E-state index contributed by atoms with van der Waals surface area (Å²) in [4.78, 5) is 5.28. The van der Waals surface area contributed by atoms with E-state index in [9.17, 15) is 0 Å². The zero-order chi connectivity index (χ0) is 20.8. The molecular formula is C28H34N2. The molecule has 0 saturated carbocycles. The smallest absolute Gasteiger partial charge is 0.0323 e. The molecule has 2 aliphatic heterocycles. The van der Waals surface area contributed by atoms with Crippen LogP contribution < -0.4 is 0 Å². The topological polar surface area (TPSA) is 6.48 Å². The minimum atomic E-state index is 0.373. The van der Waals surface area contributed by atoms with Crippen LogP contribution in [0.2, 0.25) is 0 Å². The van der Waals surface area contributed by atoms with Gasteiger partial charge in [0.05, 0.1) is 0 Å². The Morgan fingerprint density at radius 2 is 1.33 bits per heavy atom. The van der Waals surface area contributed by atoms with Crippen molar-refractivity contribution in [1.29, 1.82) is 0 Å². The zero-order valence-corrected chi connectivity index (χ0v) is 18.9. The third-order valence-corrected chi connectivity index (χ3v) is 7.38. The molecule has 0 atom stereocenters. The highest BCUT2D eigenvalue weighted by atomic mass is 15.2. The molecule has 0 bridgehead atoms. The first-order valence-electron chi connectivity index (χ1n) is 11.6. The average molecular weight is 399 g/mol. The van der Waals surface area contributed by atoms with Crippen molar-refractivity contribution in [2.45, 2.75) is 52.1 Å². The molecule has 2 aromatic rings. The summed E-state index contributed by atoms with van der Waals surface area (Å²) in [6, 6.07) is 19.4. The van der Waals surface area contributed by atoms with E-state index in [1.165, 1.54) is 22.3 Å². The Balaban J connectivity index is 1.70. The Hall–Kier alpha value is -2.16. The molecule has 0 amide bonds.